The molecule has 4 rings (SSSR count). The molecule has 3 aromatic rings. The van der Waals surface area contributed by atoms with Crippen LogP contribution in [0.5, 0.6) is 5.75 Å². The molecule has 1 saturated heterocycles. The summed E-state index contributed by atoms with van der Waals surface area (Å²) < 4.78 is 41.8. The highest BCUT2D eigenvalue weighted by molar-refractivity contribution is 7.93. The Morgan fingerprint density at radius 1 is 1.16 bits per heavy atom. The number of sulfonamides is 1. The molecular formula is C21H21N3O6S. The van der Waals surface area contributed by atoms with Gasteiger partial charge in [0, 0.05) is 12.1 Å². The van der Waals surface area contributed by atoms with Crippen molar-refractivity contribution in [2.24, 2.45) is 0 Å². The van der Waals surface area contributed by atoms with E-state index in [1.807, 2.05) is 0 Å². The minimum absolute atomic E-state index is 0.104. The van der Waals surface area contributed by atoms with Gasteiger partial charge in [-0.15, -0.1) is 10.2 Å². The van der Waals surface area contributed by atoms with Crippen LogP contribution in [0.4, 0.5) is 5.69 Å². The van der Waals surface area contributed by atoms with Gasteiger partial charge in [-0.1, -0.05) is 6.07 Å². The fourth-order valence-electron chi connectivity index (χ4n) is 3.25. The fraction of sp³-hybridized carbons (Fsp3) is 0.286. The maximum Gasteiger partial charge on any atom is 0.338 e. The number of nitrogens with zero attached hydrogens (tertiary/aromatic N) is 3. The van der Waals surface area contributed by atoms with Crippen LogP contribution in [-0.4, -0.2) is 44.0 Å². The molecule has 0 spiro atoms. The fourth-order valence-corrected chi connectivity index (χ4v) is 4.80. The van der Waals surface area contributed by atoms with Gasteiger partial charge >= 0.3 is 5.97 Å². The summed E-state index contributed by atoms with van der Waals surface area (Å²) in [4.78, 5) is 12.6. The highest BCUT2D eigenvalue weighted by Crippen LogP contribution is 2.27. The number of carbonyl (C=O) groups is 1. The summed E-state index contributed by atoms with van der Waals surface area (Å²) in [6, 6.07) is 13.5. The van der Waals surface area contributed by atoms with E-state index in [2.05, 4.69) is 10.2 Å². The van der Waals surface area contributed by atoms with Gasteiger partial charge in [0.25, 0.3) is 5.89 Å². The third kappa shape index (κ3) is 4.38. The molecule has 0 N–H and O–H groups in total. The molecule has 1 aliphatic heterocycles. The number of carbonyl (C=O) groups excluding carboxylic acids is 1. The van der Waals surface area contributed by atoms with Crippen LogP contribution in [0, 0.1) is 0 Å². The van der Waals surface area contributed by atoms with Gasteiger partial charge in [-0.05, 0) is 55.8 Å². The minimum Gasteiger partial charge on any atom is -0.497 e. The second-order valence-corrected chi connectivity index (χ2v) is 9.03. The number of benzene rings is 2. The number of aromatic nitrogens is 2. The molecule has 31 heavy (non-hydrogen) atoms. The summed E-state index contributed by atoms with van der Waals surface area (Å²) in [5.41, 5.74) is 1.39. The lowest BCUT2D eigenvalue weighted by molar-refractivity contribution is 0.0280. The van der Waals surface area contributed by atoms with E-state index in [1.165, 1.54) is 10.4 Å². The topological polar surface area (TPSA) is 112 Å². The first kappa shape index (κ1) is 20.9. The van der Waals surface area contributed by atoms with Crippen molar-refractivity contribution in [1.82, 2.24) is 10.2 Å². The zero-order chi connectivity index (χ0) is 22.0. The van der Waals surface area contributed by atoms with Crippen LogP contribution in [0.2, 0.25) is 0 Å². The third-order valence-electron chi connectivity index (χ3n) is 4.88. The molecule has 2 aromatic carbocycles. The molecule has 0 aliphatic carbocycles. The van der Waals surface area contributed by atoms with Crippen LogP contribution < -0.4 is 9.04 Å². The molecule has 9 nitrogen and oxygen atoms in total. The maximum absolute atomic E-state index is 12.6. The predicted octanol–water partition coefficient (Wildman–Crippen LogP) is 3.20. The average molecular weight is 443 g/mol. The van der Waals surface area contributed by atoms with Gasteiger partial charge in [0.05, 0.1) is 24.1 Å². The smallest absolute Gasteiger partial charge is 0.338 e. The van der Waals surface area contributed by atoms with Gasteiger partial charge in [0.15, 0.2) is 6.10 Å². The molecule has 1 aromatic heterocycles. The summed E-state index contributed by atoms with van der Waals surface area (Å²) in [6.45, 7) is 2.02. The molecule has 1 fully saturated rings. The Labute approximate surface area is 179 Å². The van der Waals surface area contributed by atoms with E-state index in [-0.39, 0.29) is 17.2 Å². The van der Waals surface area contributed by atoms with E-state index in [9.17, 15) is 13.2 Å². The largest absolute Gasteiger partial charge is 0.497 e. The number of anilines is 1. The normalized spacial score (nSPS) is 16.1. The number of hydrogen-bond donors (Lipinski definition) is 0. The van der Waals surface area contributed by atoms with E-state index in [0.29, 0.717) is 35.9 Å². The predicted molar refractivity (Wildman–Crippen MR) is 112 cm³/mol. The van der Waals surface area contributed by atoms with Crippen molar-refractivity contribution in [2.45, 2.75) is 19.4 Å². The molecule has 162 valence electrons. The minimum atomic E-state index is -3.34. The van der Waals surface area contributed by atoms with Crippen LogP contribution in [-0.2, 0) is 14.8 Å². The van der Waals surface area contributed by atoms with Crippen molar-refractivity contribution >= 4 is 21.7 Å². The first-order valence-electron chi connectivity index (χ1n) is 9.66. The van der Waals surface area contributed by atoms with Gasteiger partial charge < -0.3 is 13.9 Å². The maximum atomic E-state index is 12.6. The van der Waals surface area contributed by atoms with Crippen molar-refractivity contribution in [3.05, 3.63) is 60.0 Å². The van der Waals surface area contributed by atoms with Gasteiger partial charge in [0.1, 0.15) is 5.75 Å². The van der Waals surface area contributed by atoms with Crippen LogP contribution in [0.15, 0.2) is 52.9 Å². The average Bonchev–Trinajstić information content (AvgIpc) is 3.40. The molecular weight excluding hydrogens is 422 g/mol. The Morgan fingerprint density at radius 3 is 2.61 bits per heavy atom. The van der Waals surface area contributed by atoms with Crippen LogP contribution in [0.25, 0.3) is 11.5 Å². The first-order chi connectivity index (χ1) is 14.9. The lowest BCUT2D eigenvalue weighted by atomic mass is 10.2. The van der Waals surface area contributed by atoms with E-state index in [0.717, 1.165) is 0 Å². The number of esters is 1. The van der Waals surface area contributed by atoms with Gasteiger partial charge in [0.2, 0.25) is 15.9 Å². The summed E-state index contributed by atoms with van der Waals surface area (Å²) in [5.74, 6) is 0.635. The number of rotatable bonds is 6. The van der Waals surface area contributed by atoms with Crippen molar-refractivity contribution < 1.29 is 27.1 Å². The van der Waals surface area contributed by atoms with Gasteiger partial charge in [-0.3, -0.25) is 4.31 Å². The van der Waals surface area contributed by atoms with Crippen molar-refractivity contribution in [2.75, 3.05) is 23.7 Å². The summed E-state index contributed by atoms with van der Waals surface area (Å²) in [5, 5.41) is 7.97. The van der Waals surface area contributed by atoms with E-state index in [4.69, 9.17) is 13.9 Å². The molecule has 0 saturated carbocycles. The van der Waals surface area contributed by atoms with E-state index in [1.54, 1.807) is 56.5 Å². The van der Waals surface area contributed by atoms with Crippen LogP contribution in [0.1, 0.15) is 35.7 Å². The van der Waals surface area contributed by atoms with Crippen LogP contribution >= 0.6 is 0 Å². The lowest BCUT2D eigenvalue weighted by Crippen LogP contribution is -2.25. The second kappa shape index (κ2) is 8.38. The van der Waals surface area contributed by atoms with Gasteiger partial charge in [-0.25, -0.2) is 13.2 Å². The van der Waals surface area contributed by atoms with Gasteiger partial charge in [-0.2, -0.15) is 0 Å². The molecule has 10 heteroatoms. The standard InChI is InChI=1S/C21H21N3O6S/c1-14(19-22-23-20(30-19)15-7-9-18(28-2)10-8-15)29-21(25)16-5-3-6-17(13-16)24-11-4-12-31(24,26)27/h3,5-10,13-14H,4,11-12H2,1-2H3/t14-/m1/s1. The Kier molecular flexibility index (Phi) is 5.64. The molecule has 0 bridgehead atoms. The SMILES string of the molecule is COc1ccc(-c2nnc([C@@H](C)OC(=O)c3cccc(N4CCCS4(=O)=O)c3)o2)cc1. The molecule has 0 radical (unpaired) electrons. The highest BCUT2D eigenvalue weighted by Gasteiger charge is 2.29. The number of methoxy groups -OCH3 is 1. The molecule has 1 atom stereocenters. The molecule has 1 aliphatic rings. The quantitative estimate of drug-likeness (QED) is 0.534. The number of hydrogen-bond acceptors (Lipinski definition) is 8. The molecule has 2 heterocycles. The Bertz CT molecular complexity index is 1190. The summed E-state index contributed by atoms with van der Waals surface area (Å²) >= 11 is 0. The summed E-state index contributed by atoms with van der Waals surface area (Å²) in [6.07, 6.45) is -0.229. The zero-order valence-electron chi connectivity index (χ0n) is 17.0. The highest BCUT2D eigenvalue weighted by atomic mass is 32.2. The van der Waals surface area contributed by atoms with Crippen molar-refractivity contribution in [1.29, 1.82) is 0 Å². The Morgan fingerprint density at radius 2 is 1.94 bits per heavy atom. The molecule has 0 unspecified atom stereocenters. The third-order valence-corrected chi connectivity index (χ3v) is 6.75. The van der Waals surface area contributed by atoms with Crippen molar-refractivity contribution in [3.8, 4) is 17.2 Å². The second-order valence-electron chi connectivity index (χ2n) is 7.01. The van der Waals surface area contributed by atoms with E-state index < -0.39 is 22.1 Å². The molecule has 0 amide bonds. The first-order valence-corrected chi connectivity index (χ1v) is 11.3. The zero-order valence-corrected chi connectivity index (χ0v) is 17.8. The van der Waals surface area contributed by atoms with E-state index >= 15 is 0 Å². The lowest BCUT2D eigenvalue weighted by Gasteiger charge is -2.17. The monoisotopic (exact) mass is 443 g/mol. The van der Waals surface area contributed by atoms with Crippen molar-refractivity contribution in [3.63, 3.8) is 0 Å². The Balaban J connectivity index is 1.47. The number of ether oxygens (including phenoxy) is 2. The Hall–Kier alpha value is -3.40. The van der Waals surface area contributed by atoms with Crippen LogP contribution in [0.3, 0.4) is 0 Å². The summed E-state index contributed by atoms with van der Waals surface area (Å²) in [7, 11) is -1.76.